The zero-order chi connectivity index (χ0) is 22.8. The molecule has 1 aliphatic heterocycles. The van der Waals surface area contributed by atoms with E-state index in [9.17, 15) is 4.79 Å². The van der Waals surface area contributed by atoms with Crippen LogP contribution < -0.4 is 10.5 Å². The number of anilines is 1. The predicted octanol–water partition coefficient (Wildman–Crippen LogP) is 2.07. The van der Waals surface area contributed by atoms with Crippen LogP contribution in [0.2, 0.25) is 0 Å². The maximum Gasteiger partial charge on any atom is 0.280 e. The third-order valence-electron chi connectivity index (χ3n) is 6.93. The molecule has 1 aromatic carbocycles. The van der Waals surface area contributed by atoms with Crippen LogP contribution in [0.25, 0.3) is 22.5 Å². The summed E-state index contributed by atoms with van der Waals surface area (Å²) in [5, 5.41) is 4.22. The molecular weight excluding hydrogens is 436 g/mol. The lowest BCUT2D eigenvalue weighted by atomic mass is 10.1. The monoisotopic (exact) mass is 456 g/mol. The molecule has 170 valence electrons. The molecule has 34 heavy (non-hydrogen) atoms. The van der Waals surface area contributed by atoms with Crippen LogP contribution in [-0.4, -0.2) is 47.3 Å². The molecule has 2 aliphatic rings. The van der Waals surface area contributed by atoms with Gasteiger partial charge in [-0.15, -0.1) is 0 Å². The third kappa shape index (κ3) is 2.96. The summed E-state index contributed by atoms with van der Waals surface area (Å²) < 4.78 is 14.0. The number of oxazole rings is 1. The summed E-state index contributed by atoms with van der Waals surface area (Å²) in [6.07, 6.45) is 6.20. The van der Waals surface area contributed by atoms with Gasteiger partial charge in [0.05, 0.1) is 12.5 Å². The van der Waals surface area contributed by atoms with Gasteiger partial charge in [0.15, 0.2) is 29.1 Å². The number of aryl methyl sites for hydroxylation is 1. The van der Waals surface area contributed by atoms with Crippen molar-refractivity contribution in [3.8, 4) is 11.3 Å². The second kappa shape index (κ2) is 7.11. The smallest absolute Gasteiger partial charge is 0.280 e. The summed E-state index contributed by atoms with van der Waals surface area (Å²) in [5.74, 6) is 3.22. The van der Waals surface area contributed by atoms with Gasteiger partial charge in [-0.2, -0.15) is 4.98 Å². The standard InChI is InChI=1S/C23H20N8O3/c1-29-10-25-22-20(29)23(32)31(11-26-22)9-18-27-21(28-34-18)19-15-7-30(8-16(15)19)14-4-2-13(3-5-14)17-6-24-12-33-17/h2-6,10-12,15-16,19H,7-9H2,1H3/t15-,16+,19+. The summed E-state index contributed by atoms with van der Waals surface area (Å²) in [6.45, 7) is 2.11. The molecule has 1 saturated heterocycles. The second-order valence-electron chi connectivity index (χ2n) is 8.92. The van der Waals surface area contributed by atoms with E-state index in [0.717, 1.165) is 30.2 Å². The number of rotatable bonds is 5. The van der Waals surface area contributed by atoms with Crippen LogP contribution in [0.4, 0.5) is 5.69 Å². The van der Waals surface area contributed by atoms with Crippen molar-refractivity contribution >= 4 is 16.9 Å². The largest absolute Gasteiger partial charge is 0.444 e. The van der Waals surface area contributed by atoms with Gasteiger partial charge in [-0.05, 0) is 36.1 Å². The van der Waals surface area contributed by atoms with Gasteiger partial charge < -0.3 is 18.4 Å². The van der Waals surface area contributed by atoms with E-state index in [1.54, 1.807) is 24.1 Å². The Morgan fingerprint density at radius 3 is 2.65 bits per heavy atom. The highest BCUT2D eigenvalue weighted by atomic mass is 16.5. The average Bonchev–Trinajstić information content (AvgIpc) is 3.47. The Balaban J connectivity index is 1.03. The lowest BCUT2D eigenvalue weighted by Gasteiger charge is -2.21. The minimum Gasteiger partial charge on any atom is -0.444 e. The van der Waals surface area contributed by atoms with E-state index < -0.39 is 0 Å². The highest BCUT2D eigenvalue weighted by molar-refractivity contribution is 5.68. The summed E-state index contributed by atoms with van der Waals surface area (Å²) >= 11 is 0. The van der Waals surface area contributed by atoms with Crippen LogP contribution in [0.15, 0.2) is 63.2 Å². The molecule has 0 amide bonds. The van der Waals surface area contributed by atoms with E-state index in [1.165, 1.54) is 23.0 Å². The molecule has 5 heterocycles. The van der Waals surface area contributed by atoms with Gasteiger partial charge in [0.2, 0.25) is 5.89 Å². The van der Waals surface area contributed by atoms with E-state index in [1.807, 2.05) is 0 Å². The summed E-state index contributed by atoms with van der Waals surface area (Å²) in [7, 11) is 1.77. The highest BCUT2D eigenvalue weighted by Gasteiger charge is 2.58. The molecule has 0 bridgehead atoms. The van der Waals surface area contributed by atoms with Crippen molar-refractivity contribution in [3.63, 3.8) is 0 Å². The zero-order valence-corrected chi connectivity index (χ0v) is 18.3. The molecule has 4 aromatic heterocycles. The van der Waals surface area contributed by atoms with Crippen molar-refractivity contribution < 1.29 is 8.94 Å². The minimum absolute atomic E-state index is 0.182. The molecule has 1 saturated carbocycles. The van der Waals surface area contributed by atoms with Crippen molar-refractivity contribution in [2.45, 2.75) is 12.5 Å². The fourth-order valence-electron chi connectivity index (χ4n) is 5.11. The molecule has 0 N–H and O–H groups in total. The maximum atomic E-state index is 12.7. The first kappa shape index (κ1) is 19.2. The van der Waals surface area contributed by atoms with Crippen LogP contribution in [0.5, 0.6) is 0 Å². The third-order valence-corrected chi connectivity index (χ3v) is 6.93. The number of benzene rings is 1. The fraction of sp³-hybridized carbons (Fsp3) is 0.304. The normalized spacial score (nSPS) is 21.3. The average molecular weight is 456 g/mol. The van der Waals surface area contributed by atoms with Crippen LogP contribution in [0.1, 0.15) is 17.6 Å². The summed E-state index contributed by atoms with van der Waals surface area (Å²) in [4.78, 5) is 32.1. The molecule has 1 aliphatic carbocycles. The Kier molecular flexibility index (Phi) is 4.02. The first-order valence-electron chi connectivity index (χ1n) is 11.1. The second-order valence-corrected chi connectivity index (χ2v) is 8.92. The number of hydrogen-bond donors (Lipinski definition) is 0. The maximum absolute atomic E-state index is 12.7. The molecule has 11 nitrogen and oxygen atoms in total. The first-order chi connectivity index (χ1) is 16.7. The first-order valence-corrected chi connectivity index (χ1v) is 11.1. The molecule has 0 radical (unpaired) electrons. The number of imidazole rings is 1. The van der Waals surface area contributed by atoms with Gasteiger partial charge in [0.1, 0.15) is 12.9 Å². The molecule has 11 heteroatoms. The predicted molar refractivity (Wildman–Crippen MR) is 120 cm³/mol. The minimum atomic E-state index is -0.182. The molecule has 2 fully saturated rings. The molecule has 5 aromatic rings. The molecule has 0 spiro atoms. The van der Waals surface area contributed by atoms with Crippen LogP contribution in [0.3, 0.4) is 0 Å². The van der Waals surface area contributed by atoms with Gasteiger partial charge in [-0.25, -0.2) is 15.0 Å². The fourth-order valence-corrected chi connectivity index (χ4v) is 5.11. The van der Waals surface area contributed by atoms with Gasteiger partial charge in [0, 0.05) is 37.3 Å². The topological polar surface area (TPSA) is 121 Å². The van der Waals surface area contributed by atoms with Crippen LogP contribution in [0, 0.1) is 11.8 Å². The van der Waals surface area contributed by atoms with Crippen LogP contribution >= 0.6 is 0 Å². The number of fused-ring (bicyclic) bond motifs is 2. The Morgan fingerprint density at radius 2 is 1.88 bits per heavy atom. The molecule has 7 rings (SSSR count). The van der Waals surface area contributed by atoms with Crippen molar-refractivity contribution in [2.24, 2.45) is 18.9 Å². The van der Waals surface area contributed by atoms with Crippen molar-refractivity contribution in [1.82, 2.24) is 34.2 Å². The Bertz CT molecular complexity index is 1540. The lowest BCUT2D eigenvalue weighted by molar-refractivity contribution is 0.363. The van der Waals surface area contributed by atoms with Gasteiger partial charge >= 0.3 is 0 Å². The van der Waals surface area contributed by atoms with Crippen LogP contribution in [-0.2, 0) is 13.6 Å². The molecule has 0 unspecified atom stereocenters. The van der Waals surface area contributed by atoms with E-state index in [4.69, 9.17) is 8.94 Å². The number of piperidine rings is 1. The Labute approximate surface area is 192 Å². The van der Waals surface area contributed by atoms with Gasteiger partial charge in [-0.3, -0.25) is 9.36 Å². The SMILES string of the molecule is Cn1cnc2ncn(Cc3nc([C@H]4[C@@H]5CN(c6ccc(-c7cnco7)cc6)C[C@@H]54)no3)c(=O)c21. The van der Waals surface area contributed by atoms with Crippen molar-refractivity contribution in [1.29, 1.82) is 0 Å². The molecular formula is C23H20N8O3. The quantitative estimate of drug-likeness (QED) is 0.391. The van der Waals surface area contributed by atoms with Crippen molar-refractivity contribution in [3.05, 3.63) is 71.6 Å². The van der Waals surface area contributed by atoms with E-state index in [0.29, 0.717) is 34.8 Å². The van der Waals surface area contributed by atoms with Gasteiger partial charge in [0.25, 0.3) is 5.56 Å². The number of aromatic nitrogens is 7. The van der Waals surface area contributed by atoms with E-state index in [2.05, 4.69) is 54.3 Å². The summed E-state index contributed by atoms with van der Waals surface area (Å²) in [5.41, 5.74) is 2.91. The highest BCUT2D eigenvalue weighted by Crippen LogP contribution is 2.57. The van der Waals surface area contributed by atoms with Gasteiger partial charge in [-0.1, -0.05) is 5.16 Å². The van der Waals surface area contributed by atoms with E-state index in [-0.39, 0.29) is 12.1 Å². The Morgan fingerprint density at radius 1 is 1.09 bits per heavy atom. The summed E-state index contributed by atoms with van der Waals surface area (Å²) in [6, 6.07) is 8.36. The number of nitrogens with zero attached hydrogens (tertiary/aromatic N) is 8. The zero-order valence-electron chi connectivity index (χ0n) is 18.3. The number of hydrogen-bond acceptors (Lipinski definition) is 9. The molecule has 3 atom stereocenters. The van der Waals surface area contributed by atoms with Crippen molar-refractivity contribution in [2.75, 3.05) is 18.0 Å². The Hall–Kier alpha value is -4.28. The van der Waals surface area contributed by atoms with E-state index >= 15 is 0 Å². The lowest BCUT2D eigenvalue weighted by Crippen LogP contribution is -2.23.